The normalized spacial score (nSPS) is 26.1. The van der Waals surface area contributed by atoms with Crippen molar-refractivity contribution in [1.29, 1.82) is 0 Å². The van der Waals surface area contributed by atoms with Crippen LogP contribution in [0.5, 0.6) is 0 Å². The molecular formula is C13H16Cl2FN. The Morgan fingerprint density at radius 2 is 2.24 bits per heavy atom. The third-order valence-corrected chi connectivity index (χ3v) is 4.37. The first-order chi connectivity index (χ1) is 8.08. The maximum atomic E-state index is 13.3. The molecule has 94 valence electrons. The largest absolute Gasteiger partial charge is 0.298 e. The molecule has 1 fully saturated rings. The number of likely N-dealkylation sites (tertiary alicyclic amines) is 1. The van der Waals surface area contributed by atoms with Gasteiger partial charge < -0.3 is 0 Å². The summed E-state index contributed by atoms with van der Waals surface area (Å²) >= 11 is 12.2. The lowest BCUT2D eigenvalue weighted by Crippen LogP contribution is -2.39. The third-order valence-electron chi connectivity index (χ3n) is 3.38. The van der Waals surface area contributed by atoms with Gasteiger partial charge >= 0.3 is 0 Å². The molecule has 0 amide bonds. The van der Waals surface area contributed by atoms with Crippen LogP contribution in [0.2, 0.25) is 5.02 Å². The molecule has 0 saturated carbocycles. The Morgan fingerprint density at radius 1 is 1.47 bits per heavy atom. The predicted molar refractivity (Wildman–Crippen MR) is 70.1 cm³/mol. The molecule has 0 spiro atoms. The molecule has 0 N–H and O–H groups in total. The van der Waals surface area contributed by atoms with Crippen molar-refractivity contribution in [3.8, 4) is 0 Å². The summed E-state index contributed by atoms with van der Waals surface area (Å²) in [5.41, 5.74) is 0.838. The zero-order valence-corrected chi connectivity index (χ0v) is 11.3. The van der Waals surface area contributed by atoms with Crippen molar-refractivity contribution in [2.45, 2.75) is 25.3 Å². The smallest absolute Gasteiger partial charge is 0.142 e. The van der Waals surface area contributed by atoms with Crippen molar-refractivity contribution in [3.63, 3.8) is 0 Å². The maximum absolute atomic E-state index is 13.3. The zero-order chi connectivity index (χ0) is 12.4. The van der Waals surface area contributed by atoms with Crippen LogP contribution >= 0.6 is 23.2 Å². The molecule has 1 nitrogen and oxygen atoms in total. The molecule has 1 aromatic carbocycles. The van der Waals surface area contributed by atoms with Gasteiger partial charge in [0.05, 0.1) is 5.02 Å². The van der Waals surface area contributed by atoms with E-state index in [0.717, 1.165) is 25.1 Å². The van der Waals surface area contributed by atoms with E-state index < -0.39 is 0 Å². The topological polar surface area (TPSA) is 3.24 Å². The van der Waals surface area contributed by atoms with Crippen LogP contribution in [0.15, 0.2) is 18.2 Å². The van der Waals surface area contributed by atoms with Gasteiger partial charge in [-0.2, -0.15) is 0 Å². The van der Waals surface area contributed by atoms with Crippen LogP contribution in [0, 0.1) is 11.7 Å². The predicted octanol–water partition coefficient (Wildman–Crippen LogP) is 3.93. The highest BCUT2D eigenvalue weighted by Crippen LogP contribution is 2.26. The minimum Gasteiger partial charge on any atom is -0.298 e. The lowest BCUT2D eigenvalue weighted by atomic mass is 9.98. The molecule has 0 bridgehead atoms. The SMILES string of the molecule is CC1CCN(Cc2cccc(F)c2Cl)CC1Cl. The second-order valence-corrected chi connectivity index (χ2v) is 5.67. The summed E-state index contributed by atoms with van der Waals surface area (Å²) in [5.74, 6) is 0.202. The summed E-state index contributed by atoms with van der Waals surface area (Å²) in [5, 5.41) is 0.410. The fraction of sp³-hybridized carbons (Fsp3) is 0.538. The molecule has 0 aromatic heterocycles. The highest BCUT2D eigenvalue weighted by Gasteiger charge is 2.24. The summed E-state index contributed by atoms with van der Waals surface area (Å²) in [6.07, 6.45) is 1.08. The molecule has 0 aliphatic carbocycles. The number of hydrogen-bond donors (Lipinski definition) is 0. The number of piperidine rings is 1. The van der Waals surface area contributed by atoms with Crippen LogP contribution in [0.25, 0.3) is 0 Å². The quantitative estimate of drug-likeness (QED) is 0.740. The Labute approximate surface area is 112 Å². The molecule has 2 atom stereocenters. The van der Waals surface area contributed by atoms with E-state index in [1.54, 1.807) is 6.07 Å². The van der Waals surface area contributed by atoms with Gasteiger partial charge in [0.25, 0.3) is 0 Å². The molecule has 17 heavy (non-hydrogen) atoms. The van der Waals surface area contributed by atoms with Gasteiger partial charge in [-0.3, -0.25) is 4.90 Å². The number of benzene rings is 1. The summed E-state index contributed by atoms with van der Waals surface area (Å²) < 4.78 is 13.3. The van der Waals surface area contributed by atoms with E-state index in [1.807, 2.05) is 6.07 Å². The Morgan fingerprint density at radius 3 is 2.94 bits per heavy atom. The summed E-state index contributed by atoms with van der Waals surface area (Å²) in [4.78, 5) is 2.23. The first-order valence-electron chi connectivity index (χ1n) is 5.87. The van der Waals surface area contributed by atoms with Crippen molar-refractivity contribution >= 4 is 23.2 Å². The molecule has 2 rings (SSSR count). The molecule has 0 radical (unpaired) electrons. The van der Waals surface area contributed by atoms with Crippen LogP contribution < -0.4 is 0 Å². The van der Waals surface area contributed by atoms with Crippen LogP contribution in [0.3, 0.4) is 0 Å². The Hall–Kier alpha value is -0.310. The summed E-state index contributed by atoms with van der Waals surface area (Å²) in [7, 11) is 0. The lowest BCUT2D eigenvalue weighted by molar-refractivity contribution is 0.189. The lowest BCUT2D eigenvalue weighted by Gasteiger charge is -2.34. The third kappa shape index (κ3) is 3.12. The number of hydrogen-bond acceptors (Lipinski definition) is 1. The molecule has 1 aliphatic heterocycles. The summed E-state index contributed by atoms with van der Waals surface area (Å²) in [6, 6.07) is 4.95. The van der Waals surface area contributed by atoms with Crippen LogP contribution in [0.1, 0.15) is 18.9 Å². The average Bonchev–Trinajstić information content (AvgIpc) is 2.30. The van der Waals surface area contributed by atoms with Gasteiger partial charge in [-0.1, -0.05) is 30.7 Å². The average molecular weight is 276 g/mol. The Balaban J connectivity index is 2.04. The Bertz CT molecular complexity index is 397. The van der Waals surface area contributed by atoms with Gasteiger partial charge in [-0.15, -0.1) is 11.6 Å². The maximum Gasteiger partial charge on any atom is 0.142 e. The first kappa shape index (κ1) is 13.1. The fourth-order valence-corrected chi connectivity index (χ4v) is 2.65. The molecule has 1 aliphatic rings. The second kappa shape index (κ2) is 5.55. The minimum absolute atomic E-state index is 0.177. The van der Waals surface area contributed by atoms with Gasteiger partial charge in [0.15, 0.2) is 0 Å². The molecule has 1 saturated heterocycles. The van der Waals surface area contributed by atoms with Gasteiger partial charge in [0.2, 0.25) is 0 Å². The van der Waals surface area contributed by atoms with E-state index in [1.165, 1.54) is 6.07 Å². The highest BCUT2D eigenvalue weighted by molar-refractivity contribution is 6.31. The first-order valence-corrected chi connectivity index (χ1v) is 6.68. The molecule has 4 heteroatoms. The molecular weight excluding hydrogens is 260 g/mol. The molecule has 2 unspecified atom stereocenters. The van der Waals surface area contributed by atoms with Crippen molar-refractivity contribution in [2.75, 3.05) is 13.1 Å². The van der Waals surface area contributed by atoms with E-state index in [0.29, 0.717) is 12.5 Å². The standard InChI is InChI=1S/C13H16Cl2FN/c1-9-5-6-17(8-11(9)14)7-10-3-2-4-12(16)13(10)15/h2-4,9,11H,5-8H2,1H3. The van der Waals surface area contributed by atoms with E-state index in [9.17, 15) is 4.39 Å². The second-order valence-electron chi connectivity index (χ2n) is 4.73. The van der Waals surface area contributed by atoms with E-state index in [4.69, 9.17) is 23.2 Å². The van der Waals surface area contributed by atoms with E-state index >= 15 is 0 Å². The zero-order valence-electron chi connectivity index (χ0n) is 9.80. The van der Waals surface area contributed by atoms with Gasteiger partial charge in [-0.05, 0) is 30.5 Å². The van der Waals surface area contributed by atoms with Gasteiger partial charge in [0, 0.05) is 18.5 Å². The van der Waals surface area contributed by atoms with Crippen LogP contribution in [-0.2, 0) is 6.54 Å². The molecule has 1 aromatic rings. The Kier molecular flexibility index (Phi) is 4.29. The highest BCUT2D eigenvalue weighted by atomic mass is 35.5. The van der Waals surface area contributed by atoms with E-state index in [2.05, 4.69) is 11.8 Å². The van der Waals surface area contributed by atoms with Crippen LogP contribution in [-0.4, -0.2) is 23.4 Å². The number of nitrogens with zero attached hydrogens (tertiary/aromatic N) is 1. The summed E-state index contributed by atoms with van der Waals surface area (Å²) in [6.45, 7) is 4.68. The van der Waals surface area contributed by atoms with Crippen LogP contribution in [0.4, 0.5) is 4.39 Å². The van der Waals surface area contributed by atoms with Gasteiger partial charge in [-0.25, -0.2) is 4.39 Å². The number of rotatable bonds is 2. The fourth-order valence-electron chi connectivity index (χ4n) is 2.14. The van der Waals surface area contributed by atoms with E-state index in [-0.39, 0.29) is 16.2 Å². The number of halogens is 3. The molecule has 1 heterocycles. The number of alkyl halides is 1. The van der Waals surface area contributed by atoms with Gasteiger partial charge in [0.1, 0.15) is 5.82 Å². The monoisotopic (exact) mass is 275 g/mol. The van der Waals surface area contributed by atoms with Crippen molar-refractivity contribution < 1.29 is 4.39 Å². The van der Waals surface area contributed by atoms with Crippen molar-refractivity contribution in [2.24, 2.45) is 5.92 Å². The van der Waals surface area contributed by atoms with Crippen molar-refractivity contribution in [1.82, 2.24) is 4.90 Å². The minimum atomic E-state index is -0.350. The van der Waals surface area contributed by atoms with Crippen molar-refractivity contribution in [3.05, 3.63) is 34.6 Å².